The molecule has 1 saturated heterocycles. The summed E-state index contributed by atoms with van der Waals surface area (Å²) in [6.45, 7) is 3.97. The van der Waals surface area contributed by atoms with Crippen LogP contribution < -0.4 is 4.74 Å². The van der Waals surface area contributed by atoms with Gasteiger partial charge in [0, 0.05) is 25.1 Å². The molecule has 1 aromatic carbocycles. The summed E-state index contributed by atoms with van der Waals surface area (Å²) in [5, 5.41) is 0. The average molecular weight is 292 g/mol. The van der Waals surface area contributed by atoms with Gasteiger partial charge in [-0.2, -0.15) is 0 Å². The van der Waals surface area contributed by atoms with Gasteiger partial charge in [-0.3, -0.25) is 0 Å². The monoisotopic (exact) mass is 292 g/mol. The van der Waals surface area contributed by atoms with E-state index in [1.54, 1.807) is 7.11 Å². The fraction of sp³-hybridized carbons (Fsp3) is 0.533. The molecule has 1 aliphatic rings. The lowest BCUT2D eigenvalue weighted by atomic mass is 9.99. The molecule has 2 unspecified atom stereocenters. The molecule has 0 amide bonds. The lowest BCUT2D eigenvalue weighted by Gasteiger charge is -2.17. The van der Waals surface area contributed by atoms with Crippen LogP contribution in [-0.2, 0) is 11.3 Å². The molecule has 1 N–H and O–H groups in total. The minimum absolute atomic E-state index is 0.361. The van der Waals surface area contributed by atoms with Crippen LogP contribution in [0.15, 0.2) is 18.2 Å². The molecule has 3 rings (SSSR count). The summed E-state index contributed by atoms with van der Waals surface area (Å²) in [6, 6.07) is 6.03. The molecule has 0 saturated carbocycles. The van der Waals surface area contributed by atoms with Crippen LogP contribution in [-0.4, -0.2) is 29.4 Å². The van der Waals surface area contributed by atoms with Crippen molar-refractivity contribution in [1.29, 1.82) is 0 Å². The lowest BCUT2D eigenvalue weighted by Crippen LogP contribution is -2.20. The predicted octanol–water partition coefficient (Wildman–Crippen LogP) is 3.52. The zero-order valence-corrected chi connectivity index (χ0v) is 12.7. The Bertz CT molecular complexity index is 661. The number of H-pyrrole nitrogens is 1. The summed E-state index contributed by atoms with van der Waals surface area (Å²) in [5.74, 6) is 1.39. The third kappa shape index (κ3) is 2.36. The Morgan fingerprint density at radius 1 is 1.50 bits per heavy atom. The van der Waals surface area contributed by atoms with Crippen LogP contribution in [0.25, 0.3) is 11.0 Å². The van der Waals surface area contributed by atoms with Gasteiger partial charge in [0.05, 0.1) is 24.2 Å². The average Bonchev–Trinajstić information content (AvgIpc) is 3.03. The van der Waals surface area contributed by atoms with Crippen LogP contribution in [0.4, 0.5) is 0 Å². The Balaban J connectivity index is 1.95. The molecule has 1 aliphatic heterocycles. The number of imidazole rings is 1. The van der Waals surface area contributed by atoms with Crippen LogP contribution in [0, 0.1) is 10.7 Å². The van der Waals surface area contributed by atoms with Crippen molar-refractivity contribution in [3.63, 3.8) is 0 Å². The molecule has 0 radical (unpaired) electrons. The number of ether oxygens (including phenoxy) is 2. The summed E-state index contributed by atoms with van der Waals surface area (Å²) in [5.41, 5.74) is 2.17. The van der Waals surface area contributed by atoms with Crippen molar-refractivity contribution < 1.29 is 9.47 Å². The quantitative estimate of drug-likeness (QED) is 0.876. The number of hydrogen-bond donors (Lipinski definition) is 1. The number of aromatic nitrogens is 2. The van der Waals surface area contributed by atoms with Gasteiger partial charge in [-0.1, -0.05) is 6.92 Å². The zero-order chi connectivity index (χ0) is 14.1. The smallest absolute Gasteiger partial charge is 0.178 e. The molecule has 0 spiro atoms. The van der Waals surface area contributed by atoms with Crippen LogP contribution in [0.3, 0.4) is 0 Å². The van der Waals surface area contributed by atoms with Gasteiger partial charge < -0.3 is 19.0 Å². The largest absolute Gasteiger partial charge is 0.497 e. The molecule has 5 heteroatoms. The number of benzene rings is 1. The minimum atomic E-state index is 0.361. The maximum absolute atomic E-state index is 5.77. The molecule has 0 bridgehead atoms. The topological polar surface area (TPSA) is 39.2 Å². The van der Waals surface area contributed by atoms with E-state index in [0.29, 0.717) is 12.0 Å². The number of nitrogens with zero attached hydrogens (tertiary/aromatic N) is 1. The Morgan fingerprint density at radius 2 is 2.35 bits per heavy atom. The molecule has 1 fully saturated rings. The number of fused-ring (bicyclic) bond motifs is 1. The fourth-order valence-electron chi connectivity index (χ4n) is 3.04. The summed E-state index contributed by atoms with van der Waals surface area (Å²) >= 11 is 5.47. The maximum Gasteiger partial charge on any atom is 0.178 e. The second kappa shape index (κ2) is 5.58. The number of aromatic amines is 1. The van der Waals surface area contributed by atoms with Crippen molar-refractivity contribution in [2.75, 3.05) is 13.7 Å². The highest BCUT2D eigenvalue weighted by molar-refractivity contribution is 7.71. The summed E-state index contributed by atoms with van der Waals surface area (Å²) in [6.07, 6.45) is 2.54. The molecule has 2 heterocycles. The van der Waals surface area contributed by atoms with Crippen molar-refractivity contribution in [3.05, 3.63) is 23.0 Å². The first kappa shape index (κ1) is 13.6. The van der Waals surface area contributed by atoms with Gasteiger partial charge in [-0.05, 0) is 37.2 Å². The highest BCUT2D eigenvalue weighted by Gasteiger charge is 2.27. The van der Waals surface area contributed by atoms with Gasteiger partial charge in [0.1, 0.15) is 5.75 Å². The Morgan fingerprint density at radius 3 is 3.10 bits per heavy atom. The number of hydrogen-bond acceptors (Lipinski definition) is 3. The zero-order valence-electron chi connectivity index (χ0n) is 11.9. The molecule has 4 nitrogen and oxygen atoms in total. The first-order valence-electron chi connectivity index (χ1n) is 7.11. The van der Waals surface area contributed by atoms with Crippen molar-refractivity contribution in [3.8, 4) is 5.75 Å². The van der Waals surface area contributed by atoms with Gasteiger partial charge >= 0.3 is 0 Å². The Hall–Kier alpha value is -1.33. The lowest BCUT2D eigenvalue weighted by molar-refractivity contribution is 0.0837. The normalized spacial score (nSPS) is 22.5. The molecule has 1 aromatic heterocycles. The minimum Gasteiger partial charge on any atom is -0.497 e. The van der Waals surface area contributed by atoms with E-state index < -0.39 is 0 Å². The second-order valence-corrected chi connectivity index (χ2v) is 5.68. The highest BCUT2D eigenvalue weighted by Crippen LogP contribution is 2.27. The van der Waals surface area contributed by atoms with Gasteiger partial charge in [0.2, 0.25) is 0 Å². The van der Waals surface area contributed by atoms with Crippen molar-refractivity contribution in [2.24, 2.45) is 5.92 Å². The van der Waals surface area contributed by atoms with Crippen LogP contribution >= 0.6 is 12.2 Å². The van der Waals surface area contributed by atoms with Gasteiger partial charge in [-0.25, -0.2) is 0 Å². The van der Waals surface area contributed by atoms with Gasteiger partial charge in [0.25, 0.3) is 0 Å². The first-order chi connectivity index (χ1) is 9.72. The summed E-state index contributed by atoms with van der Waals surface area (Å²) in [4.78, 5) is 3.27. The summed E-state index contributed by atoms with van der Waals surface area (Å²) < 4.78 is 14.0. The van der Waals surface area contributed by atoms with E-state index in [2.05, 4.69) is 22.5 Å². The SMILES string of the molecule is CCC1OCCC1Cn1c(=S)[nH]c2cc(OC)ccc21. The van der Waals surface area contributed by atoms with Gasteiger partial charge in [0.15, 0.2) is 4.77 Å². The summed E-state index contributed by atoms with van der Waals surface area (Å²) in [7, 11) is 1.68. The molecular formula is C15H20N2O2S. The van der Waals surface area contributed by atoms with Gasteiger partial charge in [-0.15, -0.1) is 0 Å². The third-order valence-corrected chi connectivity index (χ3v) is 4.47. The highest BCUT2D eigenvalue weighted by atomic mass is 32.1. The molecule has 20 heavy (non-hydrogen) atoms. The van der Waals surface area contributed by atoms with Crippen molar-refractivity contribution >= 4 is 23.3 Å². The van der Waals surface area contributed by atoms with E-state index in [1.165, 1.54) is 0 Å². The Labute approximate surface area is 123 Å². The van der Waals surface area contributed by atoms with E-state index in [1.807, 2.05) is 12.1 Å². The van der Waals surface area contributed by atoms with Crippen molar-refractivity contribution in [2.45, 2.75) is 32.4 Å². The maximum atomic E-state index is 5.77. The van der Waals surface area contributed by atoms with Crippen molar-refractivity contribution in [1.82, 2.24) is 9.55 Å². The molecular weight excluding hydrogens is 272 g/mol. The van der Waals surface area contributed by atoms with Crippen LogP contribution in [0.2, 0.25) is 0 Å². The second-order valence-electron chi connectivity index (χ2n) is 5.29. The fourth-order valence-corrected chi connectivity index (χ4v) is 3.32. The van der Waals surface area contributed by atoms with E-state index in [0.717, 1.165) is 47.5 Å². The van der Waals surface area contributed by atoms with E-state index in [-0.39, 0.29) is 0 Å². The number of nitrogens with one attached hydrogen (secondary N) is 1. The van der Waals surface area contributed by atoms with E-state index in [4.69, 9.17) is 21.7 Å². The van der Waals surface area contributed by atoms with Crippen LogP contribution in [0.1, 0.15) is 19.8 Å². The Kier molecular flexibility index (Phi) is 3.81. The third-order valence-electron chi connectivity index (χ3n) is 4.15. The van der Waals surface area contributed by atoms with Crippen LogP contribution in [0.5, 0.6) is 5.75 Å². The molecule has 0 aliphatic carbocycles. The van der Waals surface area contributed by atoms with E-state index in [9.17, 15) is 0 Å². The number of rotatable bonds is 4. The number of methoxy groups -OCH3 is 1. The first-order valence-corrected chi connectivity index (χ1v) is 7.52. The molecule has 2 atom stereocenters. The van der Waals surface area contributed by atoms with E-state index >= 15 is 0 Å². The molecule has 108 valence electrons. The predicted molar refractivity (Wildman–Crippen MR) is 81.8 cm³/mol. The molecule has 2 aromatic rings. The standard InChI is InChI=1S/C15H20N2O2S/c1-3-14-10(6-7-19-14)9-17-13-5-4-11(18-2)8-12(13)16-15(17)20/h4-5,8,10,14H,3,6-7,9H2,1-2H3,(H,16,20).